The molecule has 2 atom stereocenters. The van der Waals surface area contributed by atoms with Crippen LogP contribution in [0.3, 0.4) is 0 Å². The van der Waals surface area contributed by atoms with Crippen LogP contribution in [-0.4, -0.2) is 28.6 Å². The molecular weight excluding hydrogens is 394 g/mol. The molecule has 3 N–H and O–H groups in total. The molecule has 6 nitrogen and oxygen atoms in total. The molecule has 0 aliphatic carbocycles. The van der Waals surface area contributed by atoms with Gasteiger partial charge in [0.05, 0.1) is 5.92 Å². The quantitative estimate of drug-likeness (QED) is 0.487. The number of rotatable bonds is 9. The third kappa shape index (κ3) is 5.61. The van der Waals surface area contributed by atoms with E-state index in [4.69, 9.17) is 4.74 Å². The number of carboxylic acid groups (broad SMARTS) is 1. The van der Waals surface area contributed by atoms with E-state index in [2.05, 4.69) is 23.5 Å². The molecule has 6 heteroatoms. The lowest BCUT2D eigenvalue weighted by molar-refractivity contribution is -0.143. The summed E-state index contributed by atoms with van der Waals surface area (Å²) in [6.07, 6.45) is -1.38. The van der Waals surface area contributed by atoms with Gasteiger partial charge in [-0.3, -0.25) is 9.59 Å². The van der Waals surface area contributed by atoms with Gasteiger partial charge < -0.3 is 20.3 Å². The van der Waals surface area contributed by atoms with Crippen molar-refractivity contribution < 1.29 is 24.5 Å². The van der Waals surface area contributed by atoms with Crippen molar-refractivity contribution in [3.8, 4) is 5.75 Å². The largest absolute Gasteiger partial charge is 0.489 e. The molecule has 0 spiro atoms. The number of aliphatic hydroxyl groups excluding tert-OH is 1. The van der Waals surface area contributed by atoms with E-state index in [1.807, 2.05) is 24.3 Å². The Hall–Kier alpha value is -3.38. The van der Waals surface area contributed by atoms with Crippen molar-refractivity contribution in [2.24, 2.45) is 11.8 Å². The summed E-state index contributed by atoms with van der Waals surface area (Å²) in [5, 5.41) is 24.3. The number of hydrogen-bond donors (Lipinski definition) is 3. The third-order valence-corrected chi connectivity index (χ3v) is 5.34. The van der Waals surface area contributed by atoms with Crippen molar-refractivity contribution in [3.63, 3.8) is 0 Å². The average molecular weight is 421 g/mol. The highest BCUT2D eigenvalue weighted by molar-refractivity contribution is 5.85. The molecule has 0 saturated heterocycles. The fourth-order valence-electron chi connectivity index (χ4n) is 3.39. The maximum absolute atomic E-state index is 12.2. The minimum absolute atomic E-state index is 0.0326. The van der Waals surface area contributed by atoms with Crippen molar-refractivity contribution >= 4 is 22.6 Å². The Morgan fingerprint density at radius 1 is 0.968 bits per heavy atom. The minimum atomic E-state index is -1.38. The summed E-state index contributed by atoms with van der Waals surface area (Å²) in [5.74, 6) is -1.82. The number of carbonyl (C=O) groups is 2. The van der Waals surface area contributed by atoms with Crippen LogP contribution >= 0.6 is 0 Å². The predicted octanol–water partition coefficient (Wildman–Crippen LogP) is 3.93. The Morgan fingerprint density at radius 2 is 1.65 bits per heavy atom. The maximum Gasteiger partial charge on any atom is 0.308 e. The van der Waals surface area contributed by atoms with E-state index in [-0.39, 0.29) is 12.5 Å². The van der Waals surface area contributed by atoms with E-state index >= 15 is 0 Å². The van der Waals surface area contributed by atoms with Gasteiger partial charge in [-0.2, -0.15) is 0 Å². The molecule has 31 heavy (non-hydrogen) atoms. The summed E-state index contributed by atoms with van der Waals surface area (Å²) in [7, 11) is 0. The molecule has 0 saturated carbocycles. The van der Waals surface area contributed by atoms with Gasteiger partial charge in [0.15, 0.2) is 6.10 Å². The lowest BCUT2D eigenvalue weighted by atomic mass is 9.96. The number of aliphatic hydroxyl groups is 1. The highest BCUT2D eigenvalue weighted by atomic mass is 16.5. The summed E-state index contributed by atoms with van der Waals surface area (Å²) in [6, 6.07) is 20.8. The van der Waals surface area contributed by atoms with Crippen LogP contribution in [0.4, 0.5) is 0 Å². The smallest absolute Gasteiger partial charge is 0.308 e. The number of hydrogen-bond acceptors (Lipinski definition) is 4. The second-order valence-corrected chi connectivity index (χ2v) is 7.83. The Balaban J connectivity index is 1.59. The van der Waals surface area contributed by atoms with Gasteiger partial charge in [0.2, 0.25) is 0 Å². The van der Waals surface area contributed by atoms with Gasteiger partial charge in [0.1, 0.15) is 12.4 Å². The van der Waals surface area contributed by atoms with E-state index in [1.165, 1.54) is 0 Å². The summed E-state index contributed by atoms with van der Waals surface area (Å²) < 4.78 is 5.88. The number of ether oxygens (including phenoxy) is 1. The Morgan fingerprint density at radius 3 is 2.32 bits per heavy atom. The number of nitrogens with one attached hydrogen (secondary N) is 1. The topological polar surface area (TPSA) is 95.9 Å². The molecule has 2 unspecified atom stereocenters. The number of amides is 1. The molecule has 1 amide bonds. The highest BCUT2D eigenvalue weighted by Crippen LogP contribution is 2.22. The van der Waals surface area contributed by atoms with Gasteiger partial charge in [-0.1, -0.05) is 68.4 Å². The van der Waals surface area contributed by atoms with Crippen molar-refractivity contribution in [2.75, 3.05) is 6.54 Å². The molecule has 0 aliphatic rings. The molecule has 0 bridgehead atoms. The van der Waals surface area contributed by atoms with Gasteiger partial charge in [-0.15, -0.1) is 0 Å². The lowest BCUT2D eigenvalue weighted by Crippen LogP contribution is -2.37. The Kier molecular flexibility index (Phi) is 7.26. The minimum Gasteiger partial charge on any atom is -0.489 e. The maximum atomic E-state index is 12.2. The van der Waals surface area contributed by atoms with Crippen molar-refractivity contribution in [2.45, 2.75) is 26.6 Å². The standard InChI is InChI=1S/C25H27NO5/c1-16(2)22(25(29)30)14-26-24(28)23(27)18-10-12-20(13-11-18)31-15-19-8-5-7-17-6-3-4-9-21(17)19/h3-13,16,22-23,27H,14-15H2,1-2H3,(H,26,28)(H,29,30). The van der Waals surface area contributed by atoms with E-state index in [9.17, 15) is 19.8 Å². The van der Waals surface area contributed by atoms with Gasteiger partial charge in [-0.25, -0.2) is 0 Å². The first-order valence-electron chi connectivity index (χ1n) is 10.2. The normalized spacial score (nSPS) is 13.0. The van der Waals surface area contributed by atoms with E-state index in [0.717, 1.165) is 16.3 Å². The van der Waals surface area contributed by atoms with E-state index < -0.39 is 23.9 Å². The highest BCUT2D eigenvalue weighted by Gasteiger charge is 2.24. The van der Waals surface area contributed by atoms with Crippen LogP contribution in [-0.2, 0) is 16.2 Å². The molecule has 0 aliphatic heterocycles. The number of fused-ring (bicyclic) bond motifs is 1. The van der Waals surface area contributed by atoms with Gasteiger partial charge in [0.25, 0.3) is 5.91 Å². The van der Waals surface area contributed by atoms with Crippen LogP contribution in [0.15, 0.2) is 66.7 Å². The molecular formula is C25H27NO5. The summed E-state index contributed by atoms with van der Waals surface area (Å²) in [4.78, 5) is 23.5. The zero-order valence-electron chi connectivity index (χ0n) is 17.6. The fourth-order valence-corrected chi connectivity index (χ4v) is 3.39. The lowest BCUT2D eigenvalue weighted by Gasteiger charge is -2.18. The summed E-state index contributed by atoms with van der Waals surface area (Å²) in [6.45, 7) is 3.92. The zero-order valence-corrected chi connectivity index (χ0v) is 17.6. The van der Waals surface area contributed by atoms with Crippen LogP contribution in [0.5, 0.6) is 5.75 Å². The molecule has 0 heterocycles. The number of carboxylic acids is 1. The Bertz CT molecular complexity index is 1040. The number of carbonyl (C=O) groups excluding carboxylic acids is 1. The van der Waals surface area contributed by atoms with Gasteiger partial charge in [-0.05, 0) is 39.9 Å². The first-order chi connectivity index (χ1) is 14.9. The number of benzene rings is 3. The molecule has 0 aromatic heterocycles. The number of aliphatic carboxylic acids is 1. The summed E-state index contributed by atoms with van der Waals surface area (Å²) >= 11 is 0. The monoisotopic (exact) mass is 421 g/mol. The molecule has 3 aromatic rings. The summed E-state index contributed by atoms with van der Waals surface area (Å²) in [5.41, 5.74) is 1.48. The Labute approximate surface area is 181 Å². The molecule has 0 fully saturated rings. The van der Waals surface area contributed by atoms with Crippen LogP contribution < -0.4 is 10.1 Å². The van der Waals surface area contributed by atoms with Crippen molar-refractivity contribution in [1.29, 1.82) is 0 Å². The SMILES string of the molecule is CC(C)C(CNC(=O)C(O)c1ccc(OCc2cccc3ccccc23)cc1)C(=O)O. The van der Waals surface area contributed by atoms with Crippen LogP contribution in [0.25, 0.3) is 10.8 Å². The fraction of sp³-hybridized carbons (Fsp3) is 0.280. The van der Waals surface area contributed by atoms with E-state index in [0.29, 0.717) is 17.9 Å². The van der Waals surface area contributed by atoms with Gasteiger partial charge in [0, 0.05) is 6.54 Å². The van der Waals surface area contributed by atoms with Gasteiger partial charge >= 0.3 is 5.97 Å². The molecule has 3 aromatic carbocycles. The van der Waals surface area contributed by atoms with E-state index in [1.54, 1.807) is 38.1 Å². The first-order valence-corrected chi connectivity index (χ1v) is 10.2. The van der Waals surface area contributed by atoms with Crippen molar-refractivity contribution in [3.05, 3.63) is 77.9 Å². The second-order valence-electron chi connectivity index (χ2n) is 7.83. The van der Waals surface area contributed by atoms with Crippen LogP contribution in [0, 0.1) is 11.8 Å². The average Bonchev–Trinajstić information content (AvgIpc) is 2.77. The van der Waals surface area contributed by atoms with Crippen LogP contribution in [0.2, 0.25) is 0 Å². The molecule has 3 rings (SSSR count). The second kappa shape index (κ2) is 10.1. The molecule has 0 radical (unpaired) electrons. The first kappa shape index (κ1) is 22.3. The van der Waals surface area contributed by atoms with Crippen molar-refractivity contribution in [1.82, 2.24) is 5.32 Å². The molecule has 162 valence electrons. The third-order valence-electron chi connectivity index (χ3n) is 5.34. The van der Waals surface area contributed by atoms with Crippen LogP contribution in [0.1, 0.15) is 31.1 Å². The predicted molar refractivity (Wildman–Crippen MR) is 119 cm³/mol. The zero-order chi connectivity index (χ0) is 22.4.